The smallest absolute Gasteiger partial charge is 0.200 e. The third kappa shape index (κ3) is 3.14. The van der Waals surface area contributed by atoms with E-state index in [-0.39, 0.29) is 11.5 Å². The van der Waals surface area contributed by atoms with Gasteiger partial charge in [0.25, 0.3) is 0 Å². The lowest BCUT2D eigenvalue weighted by Gasteiger charge is -2.09. The van der Waals surface area contributed by atoms with Crippen LogP contribution < -0.4 is 5.32 Å². The lowest BCUT2D eigenvalue weighted by atomic mass is 10.1. The predicted molar refractivity (Wildman–Crippen MR) is 71.0 cm³/mol. The Labute approximate surface area is 111 Å². The number of pyridine rings is 1. The number of hydrogen-bond acceptors (Lipinski definition) is 5. The van der Waals surface area contributed by atoms with Gasteiger partial charge in [-0.2, -0.15) is 0 Å². The summed E-state index contributed by atoms with van der Waals surface area (Å²) in [6.45, 7) is 2.91. The monoisotopic (exact) mass is 260 g/mol. The molecule has 100 valence electrons. The molecule has 0 aliphatic heterocycles. The second kappa shape index (κ2) is 5.58. The van der Waals surface area contributed by atoms with Gasteiger partial charge in [0.15, 0.2) is 11.5 Å². The molecule has 0 saturated carbocycles. The maximum atomic E-state index is 9.65. The summed E-state index contributed by atoms with van der Waals surface area (Å²) >= 11 is 0. The Balaban J connectivity index is 1.96. The molecule has 1 aromatic heterocycles. The molecule has 5 heteroatoms. The number of aromatic hydroxyl groups is 3. The number of phenols is 3. The first-order valence-electron chi connectivity index (χ1n) is 5.93. The summed E-state index contributed by atoms with van der Waals surface area (Å²) in [5, 5.41) is 31.4. The number of benzene rings is 1. The van der Waals surface area contributed by atoms with E-state index in [1.165, 1.54) is 6.07 Å². The zero-order valence-electron chi connectivity index (χ0n) is 10.6. The molecule has 0 spiro atoms. The molecule has 19 heavy (non-hydrogen) atoms. The van der Waals surface area contributed by atoms with E-state index in [0.717, 1.165) is 11.3 Å². The molecule has 0 aliphatic rings. The van der Waals surface area contributed by atoms with E-state index in [2.05, 4.69) is 10.3 Å². The van der Waals surface area contributed by atoms with Crippen LogP contribution in [0.2, 0.25) is 0 Å². The third-order valence-corrected chi connectivity index (χ3v) is 2.83. The van der Waals surface area contributed by atoms with Crippen molar-refractivity contribution in [1.29, 1.82) is 0 Å². The van der Waals surface area contributed by atoms with Gasteiger partial charge in [0.05, 0.1) is 0 Å². The molecule has 2 rings (SSSR count). The highest BCUT2D eigenvalue weighted by atomic mass is 16.3. The van der Waals surface area contributed by atoms with Crippen LogP contribution >= 0.6 is 0 Å². The van der Waals surface area contributed by atoms with E-state index in [1.807, 2.05) is 19.1 Å². The molecular weight excluding hydrogens is 244 g/mol. The van der Waals surface area contributed by atoms with Crippen molar-refractivity contribution in [3.63, 3.8) is 0 Å². The Morgan fingerprint density at radius 1 is 1.00 bits per heavy atom. The van der Waals surface area contributed by atoms with Crippen molar-refractivity contribution in [3.8, 4) is 17.2 Å². The Morgan fingerprint density at radius 2 is 1.79 bits per heavy atom. The molecule has 4 N–H and O–H groups in total. The van der Waals surface area contributed by atoms with Crippen molar-refractivity contribution in [2.75, 3.05) is 0 Å². The van der Waals surface area contributed by atoms with Crippen molar-refractivity contribution < 1.29 is 15.3 Å². The standard InChI is InChI=1S/C14H16N2O3/c1-9-2-3-10(7-16-9)6-15-8-11-4-5-12(17)14(19)13(11)18/h2-5,7,15,17-19H,6,8H2,1H3. The van der Waals surface area contributed by atoms with Gasteiger partial charge in [-0.3, -0.25) is 4.98 Å². The minimum atomic E-state index is -0.490. The topological polar surface area (TPSA) is 85.6 Å². The van der Waals surface area contributed by atoms with Crippen LogP contribution in [0.4, 0.5) is 0 Å². The van der Waals surface area contributed by atoms with E-state index in [1.54, 1.807) is 12.3 Å². The molecule has 0 amide bonds. The van der Waals surface area contributed by atoms with Crippen LogP contribution in [-0.2, 0) is 13.1 Å². The normalized spacial score (nSPS) is 10.6. The zero-order valence-corrected chi connectivity index (χ0v) is 10.6. The summed E-state index contributed by atoms with van der Waals surface area (Å²) in [5.41, 5.74) is 2.52. The van der Waals surface area contributed by atoms with Crippen molar-refractivity contribution in [3.05, 3.63) is 47.3 Å². The maximum Gasteiger partial charge on any atom is 0.200 e. The minimum absolute atomic E-state index is 0.297. The van der Waals surface area contributed by atoms with Gasteiger partial charge in [-0.25, -0.2) is 0 Å². The van der Waals surface area contributed by atoms with E-state index >= 15 is 0 Å². The summed E-state index contributed by atoms with van der Waals surface area (Å²) in [7, 11) is 0. The molecular formula is C14H16N2O3. The van der Waals surface area contributed by atoms with Gasteiger partial charge in [0, 0.05) is 30.5 Å². The van der Waals surface area contributed by atoms with E-state index in [9.17, 15) is 15.3 Å². The van der Waals surface area contributed by atoms with Gasteiger partial charge >= 0.3 is 0 Å². The predicted octanol–water partition coefficient (Wildman–Crippen LogP) is 1.80. The highest BCUT2D eigenvalue weighted by Crippen LogP contribution is 2.36. The highest BCUT2D eigenvalue weighted by Gasteiger charge is 2.10. The summed E-state index contributed by atoms with van der Waals surface area (Å²) in [6, 6.07) is 6.81. The first-order chi connectivity index (χ1) is 9.08. The summed E-state index contributed by atoms with van der Waals surface area (Å²) in [4.78, 5) is 4.19. The molecule has 0 aliphatic carbocycles. The first-order valence-corrected chi connectivity index (χ1v) is 5.93. The molecule has 0 unspecified atom stereocenters. The van der Waals surface area contributed by atoms with E-state index < -0.39 is 5.75 Å². The summed E-state index contributed by atoms with van der Waals surface area (Å²) < 4.78 is 0. The van der Waals surface area contributed by atoms with Crippen LogP contribution in [0.15, 0.2) is 30.5 Å². The van der Waals surface area contributed by atoms with Crippen molar-refractivity contribution in [1.82, 2.24) is 10.3 Å². The summed E-state index contributed by atoms with van der Waals surface area (Å²) in [5.74, 6) is -1.12. The molecule has 0 atom stereocenters. The second-order valence-electron chi connectivity index (χ2n) is 4.35. The molecule has 2 aromatic rings. The number of phenolic OH excluding ortho intramolecular Hbond substituents is 3. The van der Waals surface area contributed by atoms with E-state index in [4.69, 9.17) is 0 Å². The van der Waals surface area contributed by atoms with Gasteiger partial charge in [-0.15, -0.1) is 0 Å². The number of nitrogens with one attached hydrogen (secondary N) is 1. The minimum Gasteiger partial charge on any atom is -0.504 e. The van der Waals surface area contributed by atoms with Gasteiger partial charge in [-0.05, 0) is 24.6 Å². The fourth-order valence-corrected chi connectivity index (χ4v) is 1.70. The average molecular weight is 260 g/mol. The number of nitrogens with zero attached hydrogens (tertiary/aromatic N) is 1. The van der Waals surface area contributed by atoms with Crippen molar-refractivity contribution in [2.24, 2.45) is 0 Å². The molecule has 0 bridgehead atoms. The lowest BCUT2D eigenvalue weighted by Crippen LogP contribution is -2.13. The number of aromatic nitrogens is 1. The second-order valence-corrected chi connectivity index (χ2v) is 4.35. The maximum absolute atomic E-state index is 9.65. The number of aryl methyl sites for hydroxylation is 1. The van der Waals surface area contributed by atoms with Gasteiger partial charge in [-0.1, -0.05) is 12.1 Å². The average Bonchev–Trinajstić information content (AvgIpc) is 2.41. The van der Waals surface area contributed by atoms with Crippen molar-refractivity contribution >= 4 is 0 Å². The van der Waals surface area contributed by atoms with Gasteiger partial charge in [0.2, 0.25) is 5.75 Å². The molecule has 1 heterocycles. The van der Waals surface area contributed by atoms with E-state index in [0.29, 0.717) is 18.7 Å². The molecule has 0 radical (unpaired) electrons. The third-order valence-electron chi connectivity index (χ3n) is 2.83. The fourth-order valence-electron chi connectivity index (χ4n) is 1.70. The number of hydrogen-bond donors (Lipinski definition) is 4. The lowest BCUT2D eigenvalue weighted by molar-refractivity contribution is 0.364. The highest BCUT2D eigenvalue weighted by molar-refractivity contribution is 5.52. The Morgan fingerprint density at radius 3 is 2.47 bits per heavy atom. The van der Waals surface area contributed by atoms with Gasteiger partial charge < -0.3 is 20.6 Å². The molecule has 5 nitrogen and oxygen atoms in total. The Hall–Kier alpha value is -2.27. The Bertz CT molecular complexity index is 568. The van der Waals surface area contributed by atoms with Crippen LogP contribution in [0.25, 0.3) is 0 Å². The summed E-state index contributed by atoms with van der Waals surface area (Å²) in [6.07, 6.45) is 1.79. The largest absolute Gasteiger partial charge is 0.504 e. The van der Waals surface area contributed by atoms with Crippen LogP contribution in [0, 0.1) is 6.92 Å². The Kier molecular flexibility index (Phi) is 3.87. The van der Waals surface area contributed by atoms with Crippen LogP contribution in [-0.4, -0.2) is 20.3 Å². The van der Waals surface area contributed by atoms with Crippen LogP contribution in [0.5, 0.6) is 17.2 Å². The van der Waals surface area contributed by atoms with Crippen molar-refractivity contribution in [2.45, 2.75) is 20.0 Å². The zero-order chi connectivity index (χ0) is 13.8. The van der Waals surface area contributed by atoms with Gasteiger partial charge in [0.1, 0.15) is 0 Å². The fraction of sp³-hybridized carbons (Fsp3) is 0.214. The molecule has 1 aromatic carbocycles. The quantitative estimate of drug-likeness (QED) is 0.630. The van der Waals surface area contributed by atoms with Crippen LogP contribution in [0.1, 0.15) is 16.8 Å². The van der Waals surface area contributed by atoms with Crippen LogP contribution in [0.3, 0.4) is 0 Å². The SMILES string of the molecule is Cc1ccc(CNCc2ccc(O)c(O)c2O)cn1. The number of rotatable bonds is 4. The molecule has 0 saturated heterocycles. The first kappa shape index (κ1) is 13.2. The molecule has 0 fully saturated rings.